The zero-order valence-corrected chi connectivity index (χ0v) is 11.2. The summed E-state index contributed by atoms with van der Waals surface area (Å²) in [6.45, 7) is 1.13. The standard InChI is InChI=1S/C13H17N5O2/c1-17-9-16-13(18(19)20)12(17)15-8-11-4-2-10(3-5-11)6-7-14/h2-5,9,15H,6-8,14H2,1H3. The summed E-state index contributed by atoms with van der Waals surface area (Å²) in [7, 11) is 1.71. The van der Waals surface area contributed by atoms with E-state index in [0.29, 0.717) is 18.9 Å². The Morgan fingerprint density at radius 1 is 1.35 bits per heavy atom. The molecule has 0 saturated carbocycles. The molecule has 0 atom stereocenters. The lowest BCUT2D eigenvalue weighted by atomic mass is 10.1. The van der Waals surface area contributed by atoms with Crippen molar-refractivity contribution in [3.05, 3.63) is 51.8 Å². The second-order valence-electron chi connectivity index (χ2n) is 4.49. The number of benzene rings is 1. The van der Waals surface area contributed by atoms with Crippen molar-refractivity contribution in [1.82, 2.24) is 9.55 Å². The second kappa shape index (κ2) is 6.16. The summed E-state index contributed by atoms with van der Waals surface area (Å²) in [6.07, 6.45) is 2.27. The number of rotatable bonds is 6. The monoisotopic (exact) mass is 275 g/mol. The fourth-order valence-corrected chi connectivity index (χ4v) is 1.93. The van der Waals surface area contributed by atoms with E-state index in [2.05, 4.69) is 10.3 Å². The molecule has 0 aliphatic heterocycles. The van der Waals surface area contributed by atoms with Crippen LogP contribution in [0.2, 0.25) is 0 Å². The van der Waals surface area contributed by atoms with Gasteiger partial charge in [0.2, 0.25) is 12.1 Å². The first-order valence-electron chi connectivity index (χ1n) is 6.29. The highest BCUT2D eigenvalue weighted by Gasteiger charge is 2.19. The van der Waals surface area contributed by atoms with Crippen molar-refractivity contribution in [2.75, 3.05) is 11.9 Å². The fourth-order valence-electron chi connectivity index (χ4n) is 1.93. The van der Waals surface area contributed by atoms with Gasteiger partial charge in [-0.2, -0.15) is 0 Å². The summed E-state index contributed by atoms with van der Waals surface area (Å²) in [5.41, 5.74) is 7.72. The Hall–Kier alpha value is -2.41. The number of hydrogen-bond acceptors (Lipinski definition) is 5. The first-order chi connectivity index (χ1) is 9.61. The van der Waals surface area contributed by atoms with Crippen molar-refractivity contribution in [3.63, 3.8) is 0 Å². The number of nitro groups is 1. The SMILES string of the molecule is Cn1cnc([N+](=O)[O-])c1NCc1ccc(CCN)cc1. The van der Waals surface area contributed by atoms with E-state index < -0.39 is 4.92 Å². The molecule has 0 aliphatic rings. The van der Waals surface area contributed by atoms with Gasteiger partial charge in [0.05, 0.1) is 0 Å². The zero-order valence-electron chi connectivity index (χ0n) is 11.2. The van der Waals surface area contributed by atoms with Gasteiger partial charge in [0.25, 0.3) is 0 Å². The quantitative estimate of drug-likeness (QED) is 0.614. The van der Waals surface area contributed by atoms with Crippen LogP contribution < -0.4 is 11.1 Å². The lowest BCUT2D eigenvalue weighted by Crippen LogP contribution is -2.06. The van der Waals surface area contributed by atoms with Gasteiger partial charge in [-0.1, -0.05) is 24.3 Å². The molecule has 106 valence electrons. The summed E-state index contributed by atoms with van der Waals surface area (Å²) in [6, 6.07) is 8.00. The number of hydrogen-bond donors (Lipinski definition) is 2. The number of imidazole rings is 1. The maximum atomic E-state index is 10.8. The maximum absolute atomic E-state index is 10.8. The molecule has 20 heavy (non-hydrogen) atoms. The van der Waals surface area contributed by atoms with E-state index in [-0.39, 0.29) is 5.82 Å². The zero-order chi connectivity index (χ0) is 14.5. The van der Waals surface area contributed by atoms with Gasteiger partial charge in [0, 0.05) is 13.6 Å². The van der Waals surface area contributed by atoms with Crippen LogP contribution in [0.15, 0.2) is 30.6 Å². The van der Waals surface area contributed by atoms with Gasteiger partial charge >= 0.3 is 5.82 Å². The molecule has 7 heteroatoms. The molecule has 0 fully saturated rings. The van der Waals surface area contributed by atoms with Gasteiger partial charge in [-0.15, -0.1) is 0 Å². The van der Waals surface area contributed by atoms with Crippen molar-refractivity contribution >= 4 is 11.6 Å². The van der Waals surface area contributed by atoms with Gasteiger partial charge < -0.3 is 21.2 Å². The van der Waals surface area contributed by atoms with E-state index in [1.165, 1.54) is 11.9 Å². The topological polar surface area (TPSA) is 99.0 Å². The van der Waals surface area contributed by atoms with Crippen LogP contribution in [-0.4, -0.2) is 21.0 Å². The molecule has 2 rings (SSSR count). The van der Waals surface area contributed by atoms with Crippen LogP contribution in [0.3, 0.4) is 0 Å². The molecule has 0 aliphatic carbocycles. The summed E-state index contributed by atoms with van der Waals surface area (Å²) >= 11 is 0. The Kier molecular flexibility index (Phi) is 4.31. The maximum Gasteiger partial charge on any atom is 0.406 e. The lowest BCUT2D eigenvalue weighted by Gasteiger charge is -2.07. The molecule has 3 N–H and O–H groups in total. The largest absolute Gasteiger partial charge is 0.406 e. The van der Waals surface area contributed by atoms with Crippen molar-refractivity contribution < 1.29 is 4.92 Å². The van der Waals surface area contributed by atoms with Gasteiger partial charge in [-0.25, -0.2) is 0 Å². The lowest BCUT2D eigenvalue weighted by molar-refractivity contribution is -0.388. The number of anilines is 1. The molecule has 1 aromatic heterocycles. The minimum Gasteiger partial charge on any atom is -0.360 e. The second-order valence-corrected chi connectivity index (χ2v) is 4.49. The summed E-state index contributed by atoms with van der Waals surface area (Å²) in [4.78, 5) is 14.1. The molecule has 0 spiro atoms. The number of nitrogens with one attached hydrogen (secondary N) is 1. The van der Waals surface area contributed by atoms with E-state index >= 15 is 0 Å². The Bertz CT molecular complexity index is 591. The molecule has 0 bridgehead atoms. The van der Waals surface area contributed by atoms with E-state index in [1.54, 1.807) is 11.6 Å². The normalized spacial score (nSPS) is 10.5. The third kappa shape index (κ3) is 3.12. The van der Waals surface area contributed by atoms with Crippen molar-refractivity contribution in [2.45, 2.75) is 13.0 Å². The van der Waals surface area contributed by atoms with E-state index in [4.69, 9.17) is 5.73 Å². The minimum atomic E-state index is -0.493. The highest BCUT2D eigenvalue weighted by Crippen LogP contribution is 2.21. The first-order valence-corrected chi connectivity index (χ1v) is 6.29. The van der Waals surface area contributed by atoms with Gasteiger partial charge in [-0.3, -0.25) is 4.57 Å². The molecular formula is C13H17N5O2. The van der Waals surface area contributed by atoms with Crippen molar-refractivity contribution in [1.29, 1.82) is 0 Å². The van der Waals surface area contributed by atoms with Gasteiger partial charge in [0.15, 0.2) is 0 Å². The Morgan fingerprint density at radius 2 is 2.00 bits per heavy atom. The Morgan fingerprint density at radius 3 is 2.60 bits per heavy atom. The average molecular weight is 275 g/mol. The van der Waals surface area contributed by atoms with E-state index in [9.17, 15) is 10.1 Å². The summed E-state index contributed by atoms with van der Waals surface area (Å²) in [5, 5.41) is 13.9. The van der Waals surface area contributed by atoms with Crippen molar-refractivity contribution in [2.24, 2.45) is 12.8 Å². The van der Waals surface area contributed by atoms with Crippen LogP contribution in [0.1, 0.15) is 11.1 Å². The Labute approximate surface area is 116 Å². The smallest absolute Gasteiger partial charge is 0.360 e. The molecule has 1 aromatic carbocycles. The molecular weight excluding hydrogens is 258 g/mol. The number of nitrogens with two attached hydrogens (primary N) is 1. The van der Waals surface area contributed by atoms with Crippen LogP contribution in [0.5, 0.6) is 0 Å². The van der Waals surface area contributed by atoms with E-state index in [1.807, 2.05) is 24.3 Å². The summed E-state index contributed by atoms with van der Waals surface area (Å²) < 4.78 is 1.60. The third-order valence-electron chi connectivity index (χ3n) is 3.01. The van der Waals surface area contributed by atoms with Crippen LogP contribution in [0.4, 0.5) is 11.6 Å². The van der Waals surface area contributed by atoms with Crippen LogP contribution in [0.25, 0.3) is 0 Å². The van der Waals surface area contributed by atoms with E-state index in [0.717, 1.165) is 12.0 Å². The van der Waals surface area contributed by atoms with Crippen LogP contribution in [-0.2, 0) is 20.0 Å². The number of nitrogens with zero attached hydrogens (tertiary/aromatic N) is 3. The first kappa shape index (κ1) is 14.0. The highest BCUT2D eigenvalue weighted by molar-refractivity contribution is 5.52. The summed E-state index contributed by atoms with van der Waals surface area (Å²) in [5.74, 6) is 0.244. The molecule has 2 aromatic rings. The third-order valence-corrected chi connectivity index (χ3v) is 3.01. The predicted molar refractivity (Wildman–Crippen MR) is 76.4 cm³/mol. The van der Waals surface area contributed by atoms with Crippen molar-refractivity contribution in [3.8, 4) is 0 Å². The van der Waals surface area contributed by atoms with Gasteiger partial charge in [0.1, 0.15) is 0 Å². The molecule has 0 radical (unpaired) electrons. The van der Waals surface area contributed by atoms with Gasteiger partial charge in [-0.05, 0) is 34.0 Å². The molecule has 7 nitrogen and oxygen atoms in total. The predicted octanol–water partition coefficient (Wildman–Crippen LogP) is 1.44. The fraction of sp³-hybridized carbons (Fsp3) is 0.308. The molecule has 0 amide bonds. The molecule has 0 saturated heterocycles. The molecule has 0 unspecified atom stereocenters. The number of aryl methyl sites for hydroxylation is 1. The highest BCUT2D eigenvalue weighted by atomic mass is 16.6. The number of aromatic nitrogens is 2. The minimum absolute atomic E-state index is 0.160. The Balaban J connectivity index is 2.05. The van der Waals surface area contributed by atoms with Crippen LogP contribution >= 0.6 is 0 Å². The molecule has 1 heterocycles. The van der Waals surface area contributed by atoms with Crippen LogP contribution in [0, 0.1) is 10.1 Å². The average Bonchev–Trinajstić information content (AvgIpc) is 2.80.